The zero-order chi connectivity index (χ0) is 42.0. The summed E-state index contributed by atoms with van der Waals surface area (Å²) in [7, 11) is 1.32. The monoisotopic (exact) mass is 828 g/mol. The molecule has 7 aliphatic rings. The number of fused-ring (bicyclic) bond motifs is 7. The van der Waals surface area contributed by atoms with Gasteiger partial charge in [0.2, 0.25) is 5.88 Å². The van der Waals surface area contributed by atoms with E-state index in [1.54, 1.807) is 18.3 Å². The number of carbonyl (C=O) groups excluding carboxylic acids is 1. The fourth-order valence-electron chi connectivity index (χ4n) is 15.0. The highest BCUT2D eigenvalue weighted by Crippen LogP contribution is 2.74. The lowest BCUT2D eigenvalue weighted by molar-refractivity contribution is -0.201. The molecule has 1 aromatic heterocycles. The van der Waals surface area contributed by atoms with Gasteiger partial charge >= 0.3 is 11.9 Å². The Labute approximate surface area is 359 Å². The molecule has 2 heterocycles. The van der Waals surface area contributed by atoms with Crippen LogP contribution in [0.2, 0.25) is 0 Å². The van der Waals surface area contributed by atoms with Crippen LogP contribution in [-0.4, -0.2) is 83.9 Å². The van der Waals surface area contributed by atoms with Crippen LogP contribution >= 0.6 is 11.8 Å². The summed E-state index contributed by atoms with van der Waals surface area (Å²) in [5.41, 5.74) is 4.15. The van der Waals surface area contributed by atoms with E-state index in [0.29, 0.717) is 65.6 Å². The summed E-state index contributed by atoms with van der Waals surface area (Å²) in [5.74, 6) is 5.69. The molecule has 59 heavy (non-hydrogen) atoms. The molecule has 4 saturated carbocycles. The topological polar surface area (TPSA) is 101 Å². The Morgan fingerprint density at radius 1 is 1.00 bits per heavy atom. The predicted octanol–water partition coefficient (Wildman–Crippen LogP) is 9.87. The van der Waals surface area contributed by atoms with Crippen molar-refractivity contribution in [1.82, 2.24) is 15.2 Å². The van der Waals surface area contributed by atoms with E-state index in [-0.39, 0.29) is 29.0 Å². The number of ether oxygens (including phenoxy) is 2. The fourth-order valence-corrected chi connectivity index (χ4v) is 16.0. The predicted molar refractivity (Wildman–Crippen MR) is 238 cm³/mol. The molecular formula is C50H73N3O5S. The number of allylic oxidation sites excluding steroid dienone is 5. The van der Waals surface area contributed by atoms with Gasteiger partial charge in [-0.2, -0.15) is 11.8 Å². The van der Waals surface area contributed by atoms with Crippen molar-refractivity contribution >= 4 is 23.7 Å². The number of carbonyl (C=O) groups is 2. The number of hydrogen-bond acceptors (Lipinski definition) is 8. The lowest BCUT2D eigenvalue weighted by Crippen LogP contribution is -2.67. The number of pyridine rings is 1. The van der Waals surface area contributed by atoms with Crippen molar-refractivity contribution in [3.63, 3.8) is 0 Å². The minimum absolute atomic E-state index is 0.000371. The smallest absolute Gasteiger partial charge is 0.343 e. The standard InChI is InChI=1S/C50H73N3O5S/c1-32(2)35-15-20-50(52-24-25-53-26-28-59-29-27-53)22-21-48(7)39(42(35)50)12-11-38-41-33(3)30-40(46(4,5)37(41)16-17-47(38,48)6)34-13-18-49(19-14-34,45(55)56)31-58-43-36(44(54)57-8)10-9-23-51-43/h9-10,13,23,30,33,35,37-39,41-42,52H,1,11-12,14-22,24-29,31H2,2-8H3,(H,55,56)/t33-,35-,37+,38+,39+,41-,42+,47+,48+,49-,50-/m0/s1. The Kier molecular flexibility index (Phi) is 11.9. The minimum atomic E-state index is -1.09. The van der Waals surface area contributed by atoms with Crippen molar-refractivity contribution in [2.45, 2.75) is 118 Å². The first-order valence-electron chi connectivity index (χ1n) is 23.1. The van der Waals surface area contributed by atoms with Crippen molar-refractivity contribution in [2.24, 2.45) is 63.1 Å². The normalized spacial score (nSPS) is 40.3. The maximum absolute atomic E-state index is 12.9. The summed E-state index contributed by atoms with van der Waals surface area (Å²) in [6.45, 7) is 24.7. The summed E-state index contributed by atoms with van der Waals surface area (Å²) < 4.78 is 10.9. The molecule has 0 radical (unpaired) electrons. The molecule has 5 fully saturated rings. The zero-order valence-electron chi connectivity index (χ0n) is 37.2. The van der Waals surface area contributed by atoms with Crippen molar-refractivity contribution in [3.05, 3.63) is 59.3 Å². The van der Waals surface area contributed by atoms with E-state index in [9.17, 15) is 14.7 Å². The van der Waals surface area contributed by atoms with Gasteiger partial charge in [0.15, 0.2) is 0 Å². The number of carboxylic acid groups (broad SMARTS) is 1. The SMILES string of the molecule is C=C(C)[C@@H]1CC[C@]2(NCCN3CCSCC3)CC[C@]3(C)[C@H](CC[C@@H]4[C@@H]5[C@@H](CC[C@]43C)C(C)(C)C(C3=CC[C@](COc4ncccc4C(=O)OC)(C(=O)O)CC3)=C[C@@H]5C)[C@@H]12. The number of hydrogen-bond donors (Lipinski definition) is 2. The van der Waals surface area contributed by atoms with Crippen LogP contribution in [0.15, 0.2) is 53.8 Å². The summed E-state index contributed by atoms with van der Waals surface area (Å²) in [4.78, 5) is 32.2. The number of methoxy groups -OCH3 is 1. The van der Waals surface area contributed by atoms with Gasteiger partial charge in [0.05, 0.1) is 7.11 Å². The molecule has 0 spiro atoms. The second-order valence-electron chi connectivity index (χ2n) is 21.2. The van der Waals surface area contributed by atoms with E-state index in [0.717, 1.165) is 12.5 Å². The third-order valence-electron chi connectivity index (χ3n) is 18.5. The van der Waals surface area contributed by atoms with Gasteiger partial charge in [0.25, 0.3) is 0 Å². The van der Waals surface area contributed by atoms with E-state index in [1.807, 2.05) is 0 Å². The molecule has 1 saturated heterocycles. The average molecular weight is 828 g/mol. The van der Waals surface area contributed by atoms with E-state index in [4.69, 9.17) is 9.47 Å². The lowest BCUT2D eigenvalue weighted by atomic mass is 9.35. The van der Waals surface area contributed by atoms with Gasteiger partial charge in [0, 0.05) is 49.4 Å². The van der Waals surface area contributed by atoms with Crippen LogP contribution in [0, 0.1) is 63.1 Å². The van der Waals surface area contributed by atoms with Crippen LogP contribution in [0.4, 0.5) is 0 Å². The van der Waals surface area contributed by atoms with Crippen molar-refractivity contribution in [2.75, 3.05) is 51.4 Å². The first-order chi connectivity index (χ1) is 28.1. The molecule has 1 aromatic rings. The largest absolute Gasteiger partial charge is 0.481 e. The van der Waals surface area contributed by atoms with Gasteiger partial charge in [-0.15, -0.1) is 0 Å². The summed E-state index contributed by atoms with van der Waals surface area (Å²) in [6, 6.07) is 3.24. The minimum Gasteiger partial charge on any atom is -0.481 e. The molecule has 324 valence electrons. The molecule has 0 amide bonds. The number of rotatable bonds is 11. The highest BCUT2D eigenvalue weighted by Gasteiger charge is 2.69. The molecule has 0 aromatic carbocycles. The molecule has 8 nitrogen and oxygen atoms in total. The number of aliphatic carboxylic acids is 1. The quantitative estimate of drug-likeness (QED) is 0.167. The molecule has 1 aliphatic heterocycles. The maximum atomic E-state index is 12.9. The van der Waals surface area contributed by atoms with Crippen LogP contribution in [0.1, 0.15) is 123 Å². The van der Waals surface area contributed by atoms with Crippen LogP contribution in [-0.2, 0) is 9.53 Å². The molecule has 0 unspecified atom stereocenters. The second-order valence-corrected chi connectivity index (χ2v) is 22.4. The number of carboxylic acids is 1. The van der Waals surface area contributed by atoms with Crippen LogP contribution < -0.4 is 10.1 Å². The number of thioether (sulfide) groups is 1. The Hall–Kier alpha value is -2.62. The van der Waals surface area contributed by atoms with Gasteiger partial charge in [-0.1, -0.05) is 58.9 Å². The first kappa shape index (κ1) is 43.0. The van der Waals surface area contributed by atoms with E-state index in [2.05, 4.69) is 87.2 Å². The Morgan fingerprint density at radius 2 is 1.75 bits per heavy atom. The van der Waals surface area contributed by atoms with Gasteiger partial charge in [-0.3, -0.25) is 4.79 Å². The van der Waals surface area contributed by atoms with Crippen molar-refractivity contribution in [3.8, 4) is 5.88 Å². The van der Waals surface area contributed by atoms with Gasteiger partial charge in [0.1, 0.15) is 17.6 Å². The third kappa shape index (κ3) is 7.17. The van der Waals surface area contributed by atoms with Crippen molar-refractivity contribution in [1.29, 1.82) is 0 Å². The molecule has 6 aliphatic carbocycles. The molecule has 9 heteroatoms. The third-order valence-corrected chi connectivity index (χ3v) is 19.4. The van der Waals surface area contributed by atoms with Crippen LogP contribution in [0.3, 0.4) is 0 Å². The highest BCUT2D eigenvalue weighted by atomic mass is 32.2. The molecule has 0 bridgehead atoms. The first-order valence-corrected chi connectivity index (χ1v) is 24.3. The van der Waals surface area contributed by atoms with Gasteiger partial charge < -0.3 is 24.8 Å². The highest BCUT2D eigenvalue weighted by molar-refractivity contribution is 7.99. The number of nitrogens with one attached hydrogen (secondary N) is 1. The van der Waals surface area contributed by atoms with Gasteiger partial charge in [-0.05, 0) is 159 Å². The van der Waals surface area contributed by atoms with E-state index >= 15 is 0 Å². The van der Waals surface area contributed by atoms with Crippen molar-refractivity contribution < 1.29 is 24.2 Å². The molecule has 8 rings (SSSR count). The van der Waals surface area contributed by atoms with E-state index in [1.165, 1.54) is 106 Å². The lowest BCUT2D eigenvalue weighted by Gasteiger charge is -2.70. The summed E-state index contributed by atoms with van der Waals surface area (Å²) in [5, 5.41) is 14.9. The van der Waals surface area contributed by atoms with Crippen LogP contribution in [0.5, 0.6) is 5.88 Å². The molecular weight excluding hydrogens is 755 g/mol. The Bertz CT molecular complexity index is 1850. The maximum Gasteiger partial charge on any atom is 0.343 e. The molecule has 2 N–H and O–H groups in total. The second kappa shape index (κ2) is 16.3. The van der Waals surface area contributed by atoms with Crippen LogP contribution in [0.25, 0.3) is 0 Å². The zero-order valence-corrected chi connectivity index (χ0v) is 38.1. The average Bonchev–Trinajstić information content (AvgIpc) is 3.61. The summed E-state index contributed by atoms with van der Waals surface area (Å²) >= 11 is 2.10. The van der Waals surface area contributed by atoms with Gasteiger partial charge in [-0.25, -0.2) is 9.78 Å². The number of nitrogens with zero attached hydrogens (tertiary/aromatic N) is 2. The Morgan fingerprint density at radius 3 is 2.44 bits per heavy atom. The number of aromatic nitrogens is 1. The van der Waals surface area contributed by atoms with E-state index < -0.39 is 17.4 Å². The Balaban J connectivity index is 1.01. The summed E-state index contributed by atoms with van der Waals surface area (Å²) in [6.07, 6.45) is 18.4. The fraction of sp³-hybridized carbons (Fsp3) is 0.740. The molecule has 11 atom stereocenters. The number of esters is 1.